The highest BCUT2D eigenvalue weighted by Crippen LogP contribution is 2.22. The molecule has 0 unspecified atom stereocenters. The van der Waals surface area contributed by atoms with E-state index in [1.165, 1.54) is 34.9 Å². The molecule has 3 aromatic rings. The van der Waals surface area contributed by atoms with E-state index in [4.69, 9.17) is 4.74 Å². The molecule has 0 aliphatic rings. The number of amides is 1. The number of carbonyl (C=O) groups is 1. The number of carbonyl (C=O) groups excluding carboxylic acids is 1. The minimum absolute atomic E-state index is 0.0997. The summed E-state index contributed by atoms with van der Waals surface area (Å²) >= 11 is 0.983. The highest BCUT2D eigenvalue weighted by molar-refractivity contribution is 7.16. The normalized spacial score (nSPS) is 12.2. The molecule has 1 heterocycles. The first-order valence-electron chi connectivity index (χ1n) is 8.96. The van der Waals surface area contributed by atoms with Crippen molar-refractivity contribution < 1.29 is 23.2 Å². The molecule has 0 aliphatic carbocycles. The van der Waals surface area contributed by atoms with Crippen LogP contribution in [0.25, 0.3) is 16.3 Å². The first-order chi connectivity index (χ1) is 14.4. The quantitative estimate of drug-likeness (QED) is 0.243. The van der Waals surface area contributed by atoms with Gasteiger partial charge in [0.2, 0.25) is 0 Å². The molecule has 30 heavy (non-hydrogen) atoms. The van der Waals surface area contributed by atoms with Crippen LogP contribution >= 0.6 is 11.3 Å². The predicted molar refractivity (Wildman–Crippen MR) is 109 cm³/mol. The van der Waals surface area contributed by atoms with Gasteiger partial charge in [0.1, 0.15) is 5.82 Å². The molecule has 2 aromatic carbocycles. The van der Waals surface area contributed by atoms with Gasteiger partial charge in [0.25, 0.3) is 11.6 Å². The Balaban J connectivity index is 1.96. The molecule has 0 radical (unpaired) electrons. The Kier molecular flexibility index (Phi) is 6.80. The van der Waals surface area contributed by atoms with Gasteiger partial charge in [-0.2, -0.15) is 4.99 Å². The molecule has 0 spiro atoms. The largest absolute Gasteiger partial charge is 0.380 e. The molecule has 0 aliphatic heterocycles. The number of benzene rings is 2. The van der Waals surface area contributed by atoms with Crippen molar-refractivity contribution >= 4 is 39.2 Å². The monoisotopic (exact) mass is 433 g/mol. The van der Waals surface area contributed by atoms with Gasteiger partial charge in [-0.3, -0.25) is 14.9 Å². The van der Waals surface area contributed by atoms with Crippen LogP contribution in [0.4, 0.5) is 14.5 Å². The zero-order valence-electron chi connectivity index (χ0n) is 15.9. The first-order valence-corrected chi connectivity index (χ1v) is 9.78. The summed E-state index contributed by atoms with van der Waals surface area (Å²) in [5, 5.41) is 10.8. The molecule has 0 fully saturated rings. The minimum atomic E-state index is -0.751. The highest BCUT2D eigenvalue weighted by atomic mass is 32.1. The summed E-state index contributed by atoms with van der Waals surface area (Å²) in [4.78, 5) is 26.8. The average Bonchev–Trinajstić information content (AvgIpc) is 3.04. The van der Waals surface area contributed by atoms with Crippen molar-refractivity contribution in [1.82, 2.24) is 4.57 Å². The van der Waals surface area contributed by atoms with Crippen molar-refractivity contribution in [2.24, 2.45) is 4.99 Å². The molecule has 0 N–H and O–H groups in total. The summed E-state index contributed by atoms with van der Waals surface area (Å²) in [6.45, 7) is 2.79. The lowest BCUT2D eigenvalue weighted by Gasteiger charge is -2.06. The number of thiazole rings is 1. The zero-order chi connectivity index (χ0) is 21.7. The summed E-state index contributed by atoms with van der Waals surface area (Å²) in [7, 11) is 0. The van der Waals surface area contributed by atoms with Crippen LogP contribution in [0.2, 0.25) is 0 Å². The van der Waals surface area contributed by atoms with Gasteiger partial charge in [0.15, 0.2) is 10.6 Å². The number of aromatic nitrogens is 1. The van der Waals surface area contributed by atoms with Gasteiger partial charge in [-0.15, -0.1) is 0 Å². The smallest absolute Gasteiger partial charge is 0.272 e. The molecule has 156 valence electrons. The Bertz CT molecular complexity index is 1200. The third-order valence-electron chi connectivity index (χ3n) is 4.06. The number of hydrogen-bond donors (Lipinski definition) is 0. The average molecular weight is 433 g/mol. The van der Waals surface area contributed by atoms with Gasteiger partial charge < -0.3 is 9.30 Å². The standard InChI is InChI=1S/C20H17F2N3O4S/c1-2-29-9-8-24-19-16(22)11-14(21)12-17(19)30-20(24)23-18(26)7-6-13-4-3-5-15(10-13)25(27)28/h3-7,10-12H,2,8-9H2,1H3/b7-6+,23-20?. The number of rotatable bonds is 7. The van der Waals surface area contributed by atoms with E-state index in [9.17, 15) is 23.7 Å². The van der Waals surface area contributed by atoms with Gasteiger partial charge >= 0.3 is 0 Å². The molecular weight excluding hydrogens is 416 g/mol. The number of nitro benzene ring substituents is 1. The van der Waals surface area contributed by atoms with Crippen LogP contribution in [0.1, 0.15) is 12.5 Å². The fourth-order valence-corrected chi connectivity index (χ4v) is 3.86. The second-order valence-electron chi connectivity index (χ2n) is 6.10. The first kappa shape index (κ1) is 21.5. The van der Waals surface area contributed by atoms with E-state index in [0.29, 0.717) is 16.9 Å². The number of nitro groups is 1. The minimum Gasteiger partial charge on any atom is -0.380 e. The Morgan fingerprint density at radius 3 is 2.87 bits per heavy atom. The summed E-state index contributed by atoms with van der Waals surface area (Å²) in [6, 6.07) is 7.74. The zero-order valence-corrected chi connectivity index (χ0v) is 16.7. The van der Waals surface area contributed by atoms with E-state index >= 15 is 0 Å². The third kappa shape index (κ3) is 5.02. The second kappa shape index (κ2) is 9.51. The van der Waals surface area contributed by atoms with Crippen molar-refractivity contribution in [2.75, 3.05) is 13.2 Å². The van der Waals surface area contributed by atoms with Crippen molar-refractivity contribution in [3.8, 4) is 0 Å². The van der Waals surface area contributed by atoms with Gasteiger partial charge in [0, 0.05) is 37.4 Å². The molecule has 7 nitrogen and oxygen atoms in total. The number of hydrogen-bond acceptors (Lipinski definition) is 5. The summed E-state index contributed by atoms with van der Waals surface area (Å²) in [6.07, 6.45) is 2.56. The van der Waals surface area contributed by atoms with Crippen molar-refractivity contribution in [3.05, 3.63) is 74.6 Å². The molecule has 0 saturated heterocycles. The Hall–Kier alpha value is -3.24. The molecule has 1 amide bonds. The van der Waals surface area contributed by atoms with E-state index in [1.807, 2.05) is 6.92 Å². The van der Waals surface area contributed by atoms with Crippen molar-refractivity contribution in [2.45, 2.75) is 13.5 Å². The summed E-state index contributed by atoms with van der Waals surface area (Å²) in [5.74, 6) is -2.11. The molecule has 10 heteroatoms. The van der Waals surface area contributed by atoms with Gasteiger partial charge in [-0.1, -0.05) is 23.5 Å². The Labute approximate surface area is 173 Å². The second-order valence-corrected chi connectivity index (χ2v) is 7.11. The van der Waals surface area contributed by atoms with E-state index < -0.39 is 22.5 Å². The number of non-ortho nitro benzene ring substituents is 1. The van der Waals surface area contributed by atoms with E-state index in [2.05, 4.69) is 4.99 Å². The van der Waals surface area contributed by atoms with E-state index in [0.717, 1.165) is 23.5 Å². The van der Waals surface area contributed by atoms with Gasteiger partial charge in [-0.05, 0) is 24.6 Å². The highest BCUT2D eigenvalue weighted by Gasteiger charge is 2.13. The van der Waals surface area contributed by atoms with Crippen LogP contribution in [0.5, 0.6) is 0 Å². The molecule has 0 atom stereocenters. The van der Waals surface area contributed by atoms with E-state index in [-0.39, 0.29) is 29.2 Å². The van der Waals surface area contributed by atoms with Crippen LogP contribution in [0, 0.1) is 21.7 Å². The molecule has 0 saturated carbocycles. The Morgan fingerprint density at radius 2 is 2.13 bits per heavy atom. The topological polar surface area (TPSA) is 86.7 Å². The van der Waals surface area contributed by atoms with E-state index in [1.54, 1.807) is 6.07 Å². The van der Waals surface area contributed by atoms with Crippen molar-refractivity contribution in [1.29, 1.82) is 0 Å². The van der Waals surface area contributed by atoms with Crippen LogP contribution in [-0.2, 0) is 16.1 Å². The van der Waals surface area contributed by atoms with Crippen LogP contribution < -0.4 is 4.80 Å². The molecule has 0 bridgehead atoms. The maximum atomic E-state index is 14.3. The Morgan fingerprint density at radius 1 is 1.33 bits per heavy atom. The fraction of sp³-hybridized carbons (Fsp3) is 0.200. The maximum Gasteiger partial charge on any atom is 0.272 e. The number of fused-ring (bicyclic) bond motifs is 1. The fourth-order valence-electron chi connectivity index (χ4n) is 2.76. The molecule has 3 rings (SSSR count). The maximum absolute atomic E-state index is 14.3. The number of ether oxygens (including phenoxy) is 1. The van der Waals surface area contributed by atoms with Gasteiger partial charge in [-0.25, -0.2) is 8.78 Å². The lowest BCUT2D eigenvalue weighted by Crippen LogP contribution is -2.19. The predicted octanol–water partition coefficient (Wildman–Crippen LogP) is 4.07. The van der Waals surface area contributed by atoms with Crippen LogP contribution in [0.15, 0.2) is 47.5 Å². The SMILES string of the molecule is CCOCCn1c(=NC(=O)/C=C/c2cccc([N+](=O)[O-])c2)sc2cc(F)cc(F)c21. The third-order valence-corrected chi connectivity index (χ3v) is 5.09. The number of nitrogens with zero attached hydrogens (tertiary/aromatic N) is 3. The summed E-state index contributed by atoms with van der Waals surface area (Å²) in [5.41, 5.74) is 0.508. The van der Waals surface area contributed by atoms with Gasteiger partial charge in [0.05, 0.1) is 21.7 Å². The van der Waals surface area contributed by atoms with Crippen LogP contribution in [-0.4, -0.2) is 28.6 Å². The lowest BCUT2D eigenvalue weighted by molar-refractivity contribution is -0.384. The van der Waals surface area contributed by atoms with Crippen LogP contribution in [0.3, 0.4) is 0 Å². The molecular formula is C20H17F2N3O4S. The molecule has 1 aromatic heterocycles. The van der Waals surface area contributed by atoms with Crippen molar-refractivity contribution in [3.63, 3.8) is 0 Å². The number of halogens is 2. The summed E-state index contributed by atoms with van der Waals surface area (Å²) < 4.78 is 35.0. The lowest BCUT2D eigenvalue weighted by atomic mass is 10.2.